The van der Waals surface area contributed by atoms with Gasteiger partial charge in [0, 0.05) is 17.2 Å². The van der Waals surface area contributed by atoms with E-state index in [0.717, 1.165) is 6.08 Å². The van der Waals surface area contributed by atoms with Crippen LogP contribution in [0.5, 0.6) is 0 Å². The molecule has 1 N–H and O–H groups in total. The summed E-state index contributed by atoms with van der Waals surface area (Å²) in [5, 5.41) is 10.7. The Morgan fingerprint density at radius 2 is 1.52 bits per heavy atom. The van der Waals surface area contributed by atoms with Crippen LogP contribution in [0.15, 0.2) is 73.3 Å². The molecule has 0 heterocycles. The number of hydrogen-bond donors (Lipinski definition) is 1. The van der Waals surface area contributed by atoms with Crippen LogP contribution in [0.1, 0.15) is 15.9 Å². The van der Waals surface area contributed by atoms with E-state index in [9.17, 15) is 14.7 Å². The first-order chi connectivity index (χ1) is 10.1. The zero-order valence-electron chi connectivity index (χ0n) is 11.2. The molecule has 0 saturated carbocycles. The highest BCUT2D eigenvalue weighted by Crippen LogP contribution is 2.27. The maximum Gasteiger partial charge on any atom is 0.333 e. The Bertz CT molecular complexity index is 649. The zero-order valence-corrected chi connectivity index (χ0v) is 11.2. The van der Waals surface area contributed by atoms with Crippen LogP contribution >= 0.6 is 0 Å². The SMILES string of the molecule is C=CC(=O)OC(O)(C(=O)c1ccccc1)c1ccccc1. The lowest BCUT2D eigenvalue weighted by Gasteiger charge is -2.26. The molecule has 4 heteroatoms. The first-order valence-electron chi connectivity index (χ1n) is 6.31. The van der Waals surface area contributed by atoms with E-state index in [1.165, 1.54) is 24.3 Å². The number of aliphatic hydroxyl groups is 1. The van der Waals surface area contributed by atoms with Crippen molar-refractivity contribution in [2.24, 2.45) is 0 Å². The van der Waals surface area contributed by atoms with Crippen LogP contribution < -0.4 is 0 Å². The lowest BCUT2D eigenvalue weighted by atomic mass is 9.96. The number of carbonyl (C=O) groups is 2. The number of rotatable bonds is 5. The van der Waals surface area contributed by atoms with E-state index < -0.39 is 17.5 Å². The minimum Gasteiger partial charge on any atom is -0.417 e. The Kier molecular flexibility index (Phi) is 4.30. The van der Waals surface area contributed by atoms with E-state index >= 15 is 0 Å². The Hall–Kier alpha value is -2.72. The third kappa shape index (κ3) is 3.07. The number of hydrogen-bond acceptors (Lipinski definition) is 4. The van der Waals surface area contributed by atoms with Crippen LogP contribution in [0.2, 0.25) is 0 Å². The van der Waals surface area contributed by atoms with Crippen LogP contribution in [0.4, 0.5) is 0 Å². The molecule has 4 nitrogen and oxygen atoms in total. The molecule has 0 aliphatic heterocycles. The summed E-state index contributed by atoms with van der Waals surface area (Å²) >= 11 is 0. The quantitative estimate of drug-likeness (QED) is 0.396. The molecule has 0 aliphatic rings. The molecule has 2 aromatic carbocycles. The molecule has 2 aromatic rings. The smallest absolute Gasteiger partial charge is 0.333 e. The second kappa shape index (κ2) is 6.15. The molecular formula is C17H14O4. The number of ketones is 1. The highest BCUT2D eigenvalue weighted by atomic mass is 16.7. The van der Waals surface area contributed by atoms with E-state index in [1.54, 1.807) is 36.4 Å². The van der Waals surface area contributed by atoms with Crippen molar-refractivity contribution in [2.45, 2.75) is 5.79 Å². The van der Waals surface area contributed by atoms with Crippen molar-refractivity contribution in [3.8, 4) is 0 Å². The van der Waals surface area contributed by atoms with Gasteiger partial charge in [-0.05, 0) is 0 Å². The number of esters is 1. The Balaban J connectivity index is 2.48. The highest BCUT2D eigenvalue weighted by Gasteiger charge is 2.42. The molecule has 0 amide bonds. The van der Waals surface area contributed by atoms with Crippen LogP contribution in [0, 0.1) is 0 Å². The van der Waals surface area contributed by atoms with E-state index in [1.807, 2.05) is 0 Å². The van der Waals surface area contributed by atoms with Gasteiger partial charge in [-0.2, -0.15) is 0 Å². The van der Waals surface area contributed by atoms with Crippen molar-refractivity contribution in [2.75, 3.05) is 0 Å². The number of benzene rings is 2. The van der Waals surface area contributed by atoms with Gasteiger partial charge in [0.15, 0.2) is 0 Å². The Morgan fingerprint density at radius 1 is 1.00 bits per heavy atom. The molecule has 0 aromatic heterocycles. The van der Waals surface area contributed by atoms with Gasteiger partial charge < -0.3 is 9.84 Å². The van der Waals surface area contributed by atoms with Gasteiger partial charge in [-0.15, -0.1) is 0 Å². The largest absolute Gasteiger partial charge is 0.417 e. The van der Waals surface area contributed by atoms with Gasteiger partial charge in [0.2, 0.25) is 5.78 Å². The summed E-state index contributed by atoms with van der Waals surface area (Å²) in [6.07, 6.45) is 0.895. The summed E-state index contributed by atoms with van der Waals surface area (Å²) in [6.45, 7) is 3.27. The molecule has 0 saturated heterocycles. The van der Waals surface area contributed by atoms with E-state index in [0.29, 0.717) is 0 Å². The van der Waals surface area contributed by atoms with E-state index in [2.05, 4.69) is 6.58 Å². The molecule has 0 spiro atoms. The van der Waals surface area contributed by atoms with Gasteiger partial charge in [0.1, 0.15) is 0 Å². The molecule has 0 fully saturated rings. The predicted molar refractivity (Wildman–Crippen MR) is 77.4 cm³/mol. The number of carbonyl (C=O) groups excluding carboxylic acids is 2. The van der Waals surface area contributed by atoms with Crippen LogP contribution in [0.3, 0.4) is 0 Å². The molecule has 2 rings (SSSR count). The normalized spacial score (nSPS) is 13.0. The van der Waals surface area contributed by atoms with Gasteiger partial charge in [-0.25, -0.2) is 4.79 Å². The maximum atomic E-state index is 12.6. The van der Waals surface area contributed by atoms with Crippen molar-refractivity contribution in [3.05, 3.63) is 84.4 Å². The van der Waals surface area contributed by atoms with Crippen molar-refractivity contribution < 1.29 is 19.4 Å². The minimum atomic E-state index is -2.38. The summed E-state index contributed by atoms with van der Waals surface area (Å²) in [6, 6.07) is 16.2. The van der Waals surface area contributed by atoms with Crippen molar-refractivity contribution >= 4 is 11.8 Å². The lowest BCUT2D eigenvalue weighted by molar-refractivity contribution is -0.188. The van der Waals surface area contributed by atoms with Gasteiger partial charge >= 0.3 is 11.8 Å². The van der Waals surface area contributed by atoms with Crippen molar-refractivity contribution in [1.29, 1.82) is 0 Å². The van der Waals surface area contributed by atoms with Crippen molar-refractivity contribution in [1.82, 2.24) is 0 Å². The summed E-state index contributed by atoms with van der Waals surface area (Å²) in [4.78, 5) is 24.0. The molecule has 0 radical (unpaired) electrons. The molecule has 106 valence electrons. The first-order valence-corrected chi connectivity index (χ1v) is 6.31. The lowest BCUT2D eigenvalue weighted by Crippen LogP contribution is -2.40. The summed E-state index contributed by atoms with van der Waals surface area (Å²) in [5.74, 6) is -3.98. The van der Waals surface area contributed by atoms with Gasteiger partial charge in [0.25, 0.3) is 0 Å². The third-order valence-electron chi connectivity index (χ3n) is 2.92. The van der Waals surface area contributed by atoms with E-state index in [-0.39, 0.29) is 11.1 Å². The maximum absolute atomic E-state index is 12.6. The molecule has 1 unspecified atom stereocenters. The Labute approximate surface area is 122 Å². The average Bonchev–Trinajstić information content (AvgIpc) is 2.55. The van der Waals surface area contributed by atoms with Gasteiger partial charge in [-0.1, -0.05) is 67.2 Å². The van der Waals surface area contributed by atoms with Crippen LogP contribution in [0.25, 0.3) is 0 Å². The second-order valence-corrected chi connectivity index (χ2v) is 4.33. The average molecular weight is 282 g/mol. The zero-order chi connectivity index (χ0) is 15.3. The number of ether oxygens (including phenoxy) is 1. The fraction of sp³-hybridized carbons (Fsp3) is 0.0588. The third-order valence-corrected chi connectivity index (χ3v) is 2.92. The fourth-order valence-electron chi connectivity index (χ4n) is 1.87. The topological polar surface area (TPSA) is 63.6 Å². The Morgan fingerprint density at radius 3 is 2.05 bits per heavy atom. The molecule has 21 heavy (non-hydrogen) atoms. The summed E-state index contributed by atoms with van der Waals surface area (Å²) < 4.78 is 4.94. The van der Waals surface area contributed by atoms with Crippen LogP contribution in [-0.4, -0.2) is 16.9 Å². The second-order valence-electron chi connectivity index (χ2n) is 4.33. The predicted octanol–water partition coefficient (Wildman–Crippen LogP) is 2.44. The fourth-order valence-corrected chi connectivity index (χ4v) is 1.87. The minimum absolute atomic E-state index is 0.175. The molecule has 1 atom stereocenters. The molecule has 0 aliphatic carbocycles. The molecule has 0 bridgehead atoms. The van der Waals surface area contributed by atoms with Gasteiger partial charge in [-0.3, -0.25) is 4.79 Å². The standard InChI is InChI=1S/C17H14O4/c1-2-15(18)21-17(20,14-11-7-4-8-12-14)16(19)13-9-5-3-6-10-13/h2-12,20H,1H2. The molecular weight excluding hydrogens is 268 g/mol. The van der Waals surface area contributed by atoms with Crippen molar-refractivity contribution in [3.63, 3.8) is 0 Å². The van der Waals surface area contributed by atoms with Gasteiger partial charge in [0.05, 0.1) is 0 Å². The van der Waals surface area contributed by atoms with Crippen LogP contribution in [-0.2, 0) is 15.3 Å². The monoisotopic (exact) mass is 282 g/mol. The summed E-state index contributed by atoms with van der Waals surface area (Å²) in [5.41, 5.74) is 0.412. The highest BCUT2D eigenvalue weighted by molar-refractivity contribution is 6.03. The first kappa shape index (κ1) is 14.7. The van der Waals surface area contributed by atoms with E-state index in [4.69, 9.17) is 4.74 Å². The number of Topliss-reactive ketones (excluding diaryl/α,β-unsaturated/α-hetero) is 1. The summed E-state index contributed by atoms with van der Waals surface area (Å²) in [7, 11) is 0.